The van der Waals surface area contributed by atoms with Gasteiger partial charge in [0.1, 0.15) is 0 Å². The van der Waals surface area contributed by atoms with Crippen LogP contribution in [0.5, 0.6) is 11.5 Å². The van der Waals surface area contributed by atoms with Crippen molar-refractivity contribution < 1.29 is 19.0 Å². The van der Waals surface area contributed by atoms with Crippen LogP contribution >= 0.6 is 22.9 Å². The van der Waals surface area contributed by atoms with Crippen LogP contribution in [0.3, 0.4) is 0 Å². The molecule has 0 amide bonds. The highest BCUT2D eigenvalue weighted by molar-refractivity contribution is 7.14. The summed E-state index contributed by atoms with van der Waals surface area (Å²) in [6, 6.07) is 7.26. The Labute approximate surface area is 154 Å². The lowest BCUT2D eigenvalue weighted by atomic mass is 10.1. The highest BCUT2D eigenvalue weighted by Gasteiger charge is 2.25. The molecule has 0 saturated carbocycles. The molecule has 0 bridgehead atoms. The molecule has 0 spiro atoms. The predicted molar refractivity (Wildman–Crippen MR) is 98.8 cm³/mol. The maximum atomic E-state index is 12.1. The SMILES string of the molecule is CCOc1c(Cl)cc(/C=C2\N=C(c3ccc(C)s3)OC2=O)cc1OC. The van der Waals surface area contributed by atoms with E-state index in [0.717, 1.165) is 9.75 Å². The van der Waals surface area contributed by atoms with E-state index in [0.29, 0.717) is 34.6 Å². The number of halogens is 1. The fourth-order valence-electron chi connectivity index (χ4n) is 2.33. The highest BCUT2D eigenvalue weighted by Crippen LogP contribution is 2.37. The van der Waals surface area contributed by atoms with E-state index in [2.05, 4.69) is 4.99 Å². The Morgan fingerprint density at radius 3 is 2.80 bits per heavy atom. The Bertz CT molecular complexity index is 885. The molecule has 2 heterocycles. The second-order valence-electron chi connectivity index (χ2n) is 5.21. The fourth-order valence-corrected chi connectivity index (χ4v) is 3.40. The number of hydrogen-bond acceptors (Lipinski definition) is 6. The van der Waals surface area contributed by atoms with Crippen LogP contribution in [0.15, 0.2) is 35.0 Å². The van der Waals surface area contributed by atoms with Crippen molar-refractivity contribution in [1.29, 1.82) is 0 Å². The molecule has 0 fully saturated rings. The van der Waals surface area contributed by atoms with E-state index in [9.17, 15) is 4.79 Å². The standard InChI is InChI=1S/C18H16ClNO4S/c1-4-23-16-12(19)7-11(9-14(16)22-3)8-13-18(21)24-17(20-13)15-6-5-10(2)25-15/h5-9H,4H2,1-3H3/b13-8-. The Hall–Kier alpha value is -2.31. The lowest BCUT2D eigenvalue weighted by molar-refractivity contribution is -0.129. The number of thiophene rings is 1. The van der Waals surface area contributed by atoms with E-state index >= 15 is 0 Å². The minimum Gasteiger partial charge on any atom is -0.493 e. The molecule has 1 aromatic heterocycles. The molecule has 2 aromatic rings. The lowest BCUT2D eigenvalue weighted by Gasteiger charge is -2.11. The molecule has 0 aliphatic carbocycles. The van der Waals surface area contributed by atoms with E-state index in [1.807, 2.05) is 26.0 Å². The average Bonchev–Trinajstić information content (AvgIpc) is 3.16. The summed E-state index contributed by atoms with van der Waals surface area (Å²) in [6.07, 6.45) is 1.61. The largest absolute Gasteiger partial charge is 0.493 e. The fraction of sp³-hybridized carbons (Fsp3) is 0.222. The number of ether oxygens (including phenoxy) is 3. The van der Waals surface area contributed by atoms with Gasteiger partial charge in [0.05, 0.1) is 23.6 Å². The van der Waals surface area contributed by atoms with E-state index in [1.54, 1.807) is 18.2 Å². The van der Waals surface area contributed by atoms with Gasteiger partial charge in [-0.2, -0.15) is 0 Å². The molecule has 0 unspecified atom stereocenters. The monoisotopic (exact) mass is 377 g/mol. The van der Waals surface area contributed by atoms with Crippen molar-refractivity contribution in [3.05, 3.63) is 50.3 Å². The van der Waals surface area contributed by atoms with Crippen molar-refractivity contribution in [3.63, 3.8) is 0 Å². The van der Waals surface area contributed by atoms with Gasteiger partial charge >= 0.3 is 5.97 Å². The molecule has 5 nitrogen and oxygen atoms in total. The normalized spacial score (nSPS) is 15.3. The topological polar surface area (TPSA) is 57.1 Å². The van der Waals surface area contributed by atoms with Crippen LogP contribution in [0, 0.1) is 6.92 Å². The van der Waals surface area contributed by atoms with Crippen LogP contribution < -0.4 is 9.47 Å². The van der Waals surface area contributed by atoms with Gasteiger partial charge in [0.15, 0.2) is 17.2 Å². The highest BCUT2D eigenvalue weighted by atomic mass is 35.5. The van der Waals surface area contributed by atoms with Crippen molar-refractivity contribution in [2.75, 3.05) is 13.7 Å². The first-order valence-corrected chi connectivity index (χ1v) is 8.81. The summed E-state index contributed by atoms with van der Waals surface area (Å²) in [6.45, 7) is 4.32. The Morgan fingerprint density at radius 1 is 1.36 bits per heavy atom. The van der Waals surface area contributed by atoms with Crippen molar-refractivity contribution >= 4 is 40.9 Å². The van der Waals surface area contributed by atoms with Crippen molar-refractivity contribution in [3.8, 4) is 11.5 Å². The van der Waals surface area contributed by atoms with E-state index in [1.165, 1.54) is 18.4 Å². The molecular formula is C18H16ClNO4S. The number of carbonyl (C=O) groups excluding carboxylic acids is 1. The Balaban J connectivity index is 1.96. The summed E-state index contributed by atoms with van der Waals surface area (Å²) in [5.41, 5.74) is 0.882. The number of cyclic esters (lactones) is 1. The molecule has 0 N–H and O–H groups in total. The molecular weight excluding hydrogens is 362 g/mol. The molecule has 0 radical (unpaired) electrons. The van der Waals surface area contributed by atoms with Gasteiger partial charge in [0.2, 0.25) is 5.90 Å². The smallest absolute Gasteiger partial charge is 0.363 e. The molecule has 3 rings (SSSR count). The minimum atomic E-state index is -0.495. The van der Waals surface area contributed by atoms with Gasteiger partial charge in [-0.15, -0.1) is 11.3 Å². The van der Waals surface area contributed by atoms with Gasteiger partial charge in [-0.25, -0.2) is 9.79 Å². The van der Waals surface area contributed by atoms with Crippen LogP contribution in [-0.4, -0.2) is 25.6 Å². The number of benzene rings is 1. The molecule has 1 aliphatic rings. The first kappa shape index (κ1) is 17.5. The first-order chi connectivity index (χ1) is 12.0. The predicted octanol–water partition coefficient (Wildman–Crippen LogP) is 4.46. The number of hydrogen-bond donors (Lipinski definition) is 0. The summed E-state index contributed by atoms with van der Waals surface area (Å²) in [5.74, 6) is 0.787. The van der Waals surface area contributed by atoms with Gasteiger partial charge in [0, 0.05) is 4.88 Å². The molecule has 130 valence electrons. The molecule has 25 heavy (non-hydrogen) atoms. The van der Waals surface area contributed by atoms with E-state index in [4.69, 9.17) is 25.8 Å². The van der Waals surface area contributed by atoms with E-state index in [-0.39, 0.29) is 5.70 Å². The quantitative estimate of drug-likeness (QED) is 0.570. The van der Waals surface area contributed by atoms with Crippen LogP contribution in [0.25, 0.3) is 6.08 Å². The second kappa shape index (κ2) is 7.29. The number of esters is 1. The van der Waals surface area contributed by atoms with Crippen LogP contribution in [0.1, 0.15) is 22.2 Å². The van der Waals surface area contributed by atoms with Crippen molar-refractivity contribution in [2.24, 2.45) is 4.99 Å². The van der Waals surface area contributed by atoms with Crippen molar-refractivity contribution in [2.45, 2.75) is 13.8 Å². The summed E-state index contributed by atoms with van der Waals surface area (Å²) in [5, 5.41) is 0.400. The van der Waals surface area contributed by atoms with E-state index < -0.39 is 5.97 Å². The second-order valence-corrected chi connectivity index (χ2v) is 6.91. The molecule has 7 heteroatoms. The average molecular weight is 378 g/mol. The number of aliphatic imine (C=N–C) groups is 1. The van der Waals surface area contributed by atoms with Gasteiger partial charge in [-0.3, -0.25) is 0 Å². The van der Waals surface area contributed by atoms with Crippen LogP contribution in [0.4, 0.5) is 0 Å². The Morgan fingerprint density at radius 2 is 2.16 bits per heavy atom. The van der Waals surface area contributed by atoms with Gasteiger partial charge in [-0.05, 0) is 49.8 Å². The molecule has 1 aliphatic heterocycles. The van der Waals surface area contributed by atoms with Gasteiger partial charge < -0.3 is 14.2 Å². The number of carbonyl (C=O) groups is 1. The van der Waals surface area contributed by atoms with Crippen LogP contribution in [0.2, 0.25) is 5.02 Å². The maximum Gasteiger partial charge on any atom is 0.363 e. The van der Waals surface area contributed by atoms with Crippen LogP contribution in [-0.2, 0) is 9.53 Å². The summed E-state index contributed by atoms with van der Waals surface area (Å²) < 4.78 is 16.1. The first-order valence-electron chi connectivity index (χ1n) is 7.61. The Kier molecular flexibility index (Phi) is 5.11. The molecule has 1 aromatic carbocycles. The number of methoxy groups -OCH3 is 1. The zero-order valence-electron chi connectivity index (χ0n) is 14.0. The summed E-state index contributed by atoms with van der Waals surface area (Å²) in [4.78, 5) is 18.3. The minimum absolute atomic E-state index is 0.211. The summed E-state index contributed by atoms with van der Waals surface area (Å²) >= 11 is 7.78. The number of aryl methyl sites for hydroxylation is 1. The van der Waals surface area contributed by atoms with Gasteiger partial charge in [-0.1, -0.05) is 11.6 Å². The maximum absolute atomic E-state index is 12.1. The van der Waals surface area contributed by atoms with Crippen molar-refractivity contribution in [1.82, 2.24) is 0 Å². The zero-order chi connectivity index (χ0) is 18.0. The van der Waals surface area contributed by atoms with Gasteiger partial charge in [0.25, 0.3) is 0 Å². The summed E-state index contributed by atoms with van der Waals surface area (Å²) in [7, 11) is 1.53. The third-order valence-corrected chi connectivity index (χ3v) is 4.68. The number of nitrogens with zero attached hydrogens (tertiary/aromatic N) is 1. The third-order valence-electron chi connectivity index (χ3n) is 3.42. The third kappa shape index (κ3) is 3.70. The molecule has 0 saturated heterocycles. The molecule has 0 atom stereocenters. The zero-order valence-corrected chi connectivity index (χ0v) is 15.5. The number of rotatable bonds is 5. The lowest BCUT2D eigenvalue weighted by Crippen LogP contribution is -2.03.